The van der Waals surface area contributed by atoms with Gasteiger partial charge in [-0.15, -0.1) is 0 Å². The van der Waals surface area contributed by atoms with E-state index in [9.17, 15) is 14.4 Å². The van der Waals surface area contributed by atoms with Gasteiger partial charge in [-0.1, -0.05) is 15.9 Å². The number of aromatic nitrogens is 1. The average Bonchev–Trinajstić information content (AvgIpc) is 2.52. The van der Waals surface area contributed by atoms with E-state index in [0.717, 1.165) is 10.0 Å². The summed E-state index contributed by atoms with van der Waals surface area (Å²) in [6, 6.07) is 8.33. The quantitative estimate of drug-likeness (QED) is 0.867. The van der Waals surface area contributed by atoms with Crippen LogP contribution in [0, 0.1) is 6.92 Å². The molecule has 0 atom stereocenters. The number of nitrogens with one attached hydrogen (secondary N) is 1. The minimum Gasteiger partial charge on any atom is -0.332 e. The Labute approximate surface area is 148 Å². The Kier molecular flexibility index (Phi) is 5.56. The van der Waals surface area contributed by atoms with Crippen LogP contribution in [0.2, 0.25) is 0 Å². The number of nitrogens with zero attached hydrogens (tertiary/aromatic N) is 2. The van der Waals surface area contributed by atoms with Crippen molar-refractivity contribution in [1.82, 2.24) is 9.47 Å². The van der Waals surface area contributed by atoms with Crippen molar-refractivity contribution in [2.24, 2.45) is 7.05 Å². The molecule has 0 fully saturated rings. The molecule has 0 saturated carbocycles. The van der Waals surface area contributed by atoms with Crippen LogP contribution in [0.1, 0.15) is 15.9 Å². The van der Waals surface area contributed by atoms with Crippen LogP contribution in [-0.4, -0.2) is 34.9 Å². The van der Waals surface area contributed by atoms with Gasteiger partial charge >= 0.3 is 0 Å². The first kappa shape index (κ1) is 17.9. The van der Waals surface area contributed by atoms with Crippen LogP contribution in [0.5, 0.6) is 0 Å². The molecule has 0 unspecified atom stereocenters. The van der Waals surface area contributed by atoms with Crippen molar-refractivity contribution in [2.75, 3.05) is 18.9 Å². The predicted octanol–water partition coefficient (Wildman–Crippen LogP) is 2.17. The summed E-state index contributed by atoms with van der Waals surface area (Å²) in [4.78, 5) is 37.3. The zero-order chi connectivity index (χ0) is 17.9. The Hall–Kier alpha value is -2.41. The Morgan fingerprint density at radius 2 is 1.96 bits per heavy atom. The lowest BCUT2D eigenvalue weighted by atomic mass is 10.2. The lowest BCUT2D eigenvalue weighted by molar-refractivity contribution is -0.116. The molecule has 1 aromatic heterocycles. The van der Waals surface area contributed by atoms with Gasteiger partial charge in [0, 0.05) is 42.1 Å². The number of hydrogen-bond acceptors (Lipinski definition) is 3. The summed E-state index contributed by atoms with van der Waals surface area (Å²) in [6.07, 6.45) is 1.52. The number of carbonyl (C=O) groups is 2. The Morgan fingerprint density at radius 1 is 1.25 bits per heavy atom. The van der Waals surface area contributed by atoms with Gasteiger partial charge in [-0.2, -0.15) is 0 Å². The molecule has 6 nitrogen and oxygen atoms in total. The van der Waals surface area contributed by atoms with Gasteiger partial charge in [0.2, 0.25) is 5.91 Å². The first-order chi connectivity index (χ1) is 11.3. The largest absolute Gasteiger partial charge is 0.332 e. The number of hydrogen-bond donors (Lipinski definition) is 1. The number of benzene rings is 1. The maximum Gasteiger partial charge on any atom is 0.254 e. The number of pyridine rings is 1. The first-order valence-corrected chi connectivity index (χ1v) is 8.05. The number of halogens is 1. The van der Waals surface area contributed by atoms with Gasteiger partial charge in [-0.25, -0.2) is 0 Å². The molecule has 2 aromatic rings. The Bertz CT molecular complexity index is 845. The molecule has 0 spiro atoms. The molecule has 0 saturated heterocycles. The molecule has 1 aromatic carbocycles. The predicted molar refractivity (Wildman–Crippen MR) is 96.2 cm³/mol. The minimum atomic E-state index is -0.379. The van der Waals surface area contributed by atoms with Crippen LogP contribution >= 0.6 is 15.9 Å². The number of likely N-dealkylation sites (N-methyl/N-ethyl adjacent to an activating group) is 1. The maximum absolute atomic E-state index is 12.3. The van der Waals surface area contributed by atoms with E-state index in [1.54, 1.807) is 19.2 Å². The van der Waals surface area contributed by atoms with Crippen molar-refractivity contribution < 1.29 is 9.59 Å². The van der Waals surface area contributed by atoms with E-state index in [1.807, 2.05) is 19.1 Å². The molecule has 0 aliphatic rings. The third-order valence-electron chi connectivity index (χ3n) is 3.54. The monoisotopic (exact) mass is 391 g/mol. The highest BCUT2D eigenvalue weighted by Gasteiger charge is 2.16. The van der Waals surface area contributed by atoms with Gasteiger partial charge in [0.05, 0.1) is 6.54 Å². The maximum atomic E-state index is 12.3. The molecule has 1 N–H and O–H groups in total. The van der Waals surface area contributed by atoms with Gasteiger partial charge in [0.25, 0.3) is 11.5 Å². The van der Waals surface area contributed by atoms with Crippen LogP contribution in [0.25, 0.3) is 0 Å². The van der Waals surface area contributed by atoms with Gasteiger partial charge < -0.3 is 14.8 Å². The first-order valence-electron chi connectivity index (χ1n) is 7.26. The third-order valence-corrected chi connectivity index (χ3v) is 4.03. The van der Waals surface area contributed by atoms with Crippen molar-refractivity contribution in [3.63, 3.8) is 0 Å². The Balaban J connectivity index is 2.03. The van der Waals surface area contributed by atoms with Crippen molar-refractivity contribution >= 4 is 33.4 Å². The highest BCUT2D eigenvalue weighted by molar-refractivity contribution is 9.10. The van der Waals surface area contributed by atoms with E-state index in [0.29, 0.717) is 5.69 Å². The zero-order valence-electron chi connectivity index (χ0n) is 13.7. The fourth-order valence-corrected chi connectivity index (χ4v) is 2.62. The number of anilines is 1. The number of rotatable bonds is 4. The molecule has 0 aliphatic carbocycles. The van der Waals surface area contributed by atoms with E-state index in [-0.39, 0.29) is 29.5 Å². The smallest absolute Gasteiger partial charge is 0.254 e. The number of aryl methyl sites for hydroxylation is 2. The zero-order valence-corrected chi connectivity index (χ0v) is 15.3. The van der Waals surface area contributed by atoms with Crippen molar-refractivity contribution in [3.05, 3.63) is 62.5 Å². The average molecular weight is 392 g/mol. The summed E-state index contributed by atoms with van der Waals surface area (Å²) in [7, 11) is 3.13. The van der Waals surface area contributed by atoms with Crippen LogP contribution in [0.15, 0.2) is 45.8 Å². The minimum absolute atomic E-state index is 0.108. The van der Waals surface area contributed by atoms with Gasteiger partial charge in [-0.3, -0.25) is 14.4 Å². The second-order valence-corrected chi connectivity index (χ2v) is 6.45. The fraction of sp³-hybridized carbons (Fsp3) is 0.235. The number of carbonyl (C=O) groups excluding carboxylic acids is 2. The van der Waals surface area contributed by atoms with Crippen molar-refractivity contribution in [3.8, 4) is 0 Å². The molecule has 0 bridgehead atoms. The van der Waals surface area contributed by atoms with Crippen LogP contribution in [0.3, 0.4) is 0 Å². The topological polar surface area (TPSA) is 71.4 Å². The molecular formula is C17H18BrN3O3. The van der Waals surface area contributed by atoms with Crippen LogP contribution < -0.4 is 10.9 Å². The molecule has 126 valence electrons. The molecule has 0 radical (unpaired) electrons. The van der Waals surface area contributed by atoms with Gasteiger partial charge in [-0.05, 0) is 36.8 Å². The van der Waals surface area contributed by atoms with E-state index in [4.69, 9.17) is 0 Å². The summed E-state index contributed by atoms with van der Waals surface area (Å²) in [5.41, 5.74) is 1.59. The summed E-state index contributed by atoms with van der Waals surface area (Å²) in [6.45, 7) is 1.78. The van der Waals surface area contributed by atoms with Crippen LogP contribution in [0.4, 0.5) is 5.69 Å². The summed E-state index contributed by atoms with van der Waals surface area (Å²) in [5, 5.41) is 2.78. The number of amides is 2. The van der Waals surface area contributed by atoms with Crippen LogP contribution in [-0.2, 0) is 11.8 Å². The normalized spacial score (nSPS) is 10.3. The molecule has 1 heterocycles. The van der Waals surface area contributed by atoms with Crippen molar-refractivity contribution in [2.45, 2.75) is 6.92 Å². The lowest BCUT2D eigenvalue weighted by Gasteiger charge is -2.17. The van der Waals surface area contributed by atoms with E-state index < -0.39 is 0 Å². The van der Waals surface area contributed by atoms with Crippen molar-refractivity contribution in [1.29, 1.82) is 0 Å². The lowest BCUT2D eigenvalue weighted by Crippen LogP contribution is -2.35. The highest BCUT2D eigenvalue weighted by Crippen LogP contribution is 2.19. The third kappa shape index (κ3) is 4.32. The second-order valence-electron chi connectivity index (χ2n) is 5.53. The molecule has 2 amide bonds. The molecule has 24 heavy (non-hydrogen) atoms. The molecular weight excluding hydrogens is 374 g/mol. The standard InChI is InChI=1S/C17H18BrN3O3/c1-11-8-13(18)4-5-14(11)19-15(22)10-21(3)17(24)12-6-7-20(2)16(23)9-12/h4-9H,10H2,1-3H3,(H,19,22). The van der Waals surface area contributed by atoms with E-state index in [1.165, 1.54) is 28.8 Å². The summed E-state index contributed by atoms with van der Waals surface area (Å²) >= 11 is 3.37. The van der Waals surface area contributed by atoms with Gasteiger partial charge in [0.1, 0.15) is 0 Å². The Morgan fingerprint density at radius 3 is 2.58 bits per heavy atom. The summed E-state index contributed by atoms with van der Waals surface area (Å²) in [5.74, 6) is -0.685. The second kappa shape index (κ2) is 7.44. The van der Waals surface area contributed by atoms with E-state index in [2.05, 4.69) is 21.2 Å². The van der Waals surface area contributed by atoms with Gasteiger partial charge in [0.15, 0.2) is 0 Å². The molecule has 0 aliphatic heterocycles. The van der Waals surface area contributed by atoms with E-state index >= 15 is 0 Å². The summed E-state index contributed by atoms with van der Waals surface area (Å²) < 4.78 is 2.30. The highest BCUT2D eigenvalue weighted by atomic mass is 79.9. The molecule has 2 rings (SSSR count). The SMILES string of the molecule is Cc1cc(Br)ccc1NC(=O)CN(C)C(=O)c1ccn(C)c(=O)c1. The molecule has 7 heteroatoms. The fourth-order valence-electron chi connectivity index (χ4n) is 2.15.